The van der Waals surface area contributed by atoms with Crippen molar-refractivity contribution in [3.8, 4) is 0 Å². The Balaban J connectivity index is 2.76. The van der Waals surface area contributed by atoms with Gasteiger partial charge in [-0.1, -0.05) is 13.8 Å². The molecule has 14 heavy (non-hydrogen) atoms. The zero-order valence-corrected chi connectivity index (χ0v) is 10.6. The van der Waals surface area contributed by atoms with Crippen LogP contribution in [-0.4, -0.2) is 11.0 Å². The zero-order valence-electron chi connectivity index (χ0n) is 8.97. The maximum Gasteiger partial charge on any atom is 0.129 e. The highest BCUT2D eigenvalue weighted by molar-refractivity contribution is 9.10. The van der Waals surface area contributed by atoms with E-state index in [1.807, 2.05) is 6.20 Å². The van der Waals surface area contributed by atoms with Crippen LogP contribution in [0.4, 0.5) is 5.82 Å². The summed E-state index contributed by atoms with van der Waals surface area (Å²) in [7, 11) is 0. The van der Waals surface area contributed by atoms with Gasteiger partial charge in [0.15, 0.2) is 0 Å². The van der Waals surface area contributed by atoms with E-state index in [2.05, 4.69) is 53.1 Å². The summed E-state index contributed by atoms with van der Waals surface area (Å²) in [6, 6.07) is 2.61. The number of nitrogens with one attached hydrogen (secondary N) is 1. The molecule has 0 aliphatic heterocycles. The van der Waals surface area contributed by atoms with Crippen molar-refractivity contribution in [3.63, 3.8) is 0 Å². The van der Waals surface area contributed by atoms with E-state index in [-0.39, 0.29) is 0 Å². The van der Waals surface area contributed by atoms with Crippen molar-refractivity contribution >= 4 is 21.7 Å². The molecule has 1 aromatic heterocycles. The molecule has 0 amide bonds. The molecule has 0 spiro atoms. The molecule has 1 N–H and O–H groups in total. The van der Waals surface area contributed by atoms with Gasteiger partial charge < -0.3 is 5.32 Å². The highest BCUT2D eigenvalue weighted by Crippen LogP contribution is 2.18. The van der Waals surface area contributed by atoms with Crippen LogP contribution in [0.15, 0.2) is 16.7 Å². The van der Waals surface area contributed by atoms with Crippen LogP contribution in [0.2, 0.25) is 0 Å². The van der Waals surface area contributed by atoms with Gasteiger partial charge in [-0.25, -0.2) is 4.98 Å². The van der Waals surface area contributed by atoms with Crippen LogP contribution in [0.3, 0.4) is 0 Å². The average molecular weight is 257 g/mol. The molecule has 2 nitrogen and oxygen atoms in total. The third-order valence-corrected chi connectivity index (χ3v) is 2.81. The quantitative estimate of drug-likeness (QED) is 0.888. The topological polar surface area (TPSA) is 24.9 Å². The molecule has 0 saturated carbocycles. The van der Waals surface area contributed by atoms with E-state index in [1.54, 1.807) is 0 Å². The van der Waals surface area contributed by atoms with Crippen molar-refractivity contribution in [2.75, 3.05) is 5.32 Å². The second-order valence-corrected chi connectivity index (χ2v) is 4.39. The molecule has 0 aliphatic rings. The fraction of sp³-hybridized carbons (Fsp3) is 0.545. The third-order valence-electron chi connectivity index (χ3n) is 2.37. The van der Waals surface area contributed by atoms with Crippen molar-refractivity contribution < 1.29 is 0 Å². The van der Waals surface area contributed by atoms with Gasteiger partial charge in [0.2, 0.25) is 0 Å². The monoisotopic (exact) mass is 256 g/mol. The molecule has 0 aliphatic carbocycles. The summed E-state index contributed by atoms with van der Waals surface area (Å²) in [6.07, 6.45) is 4.10. The Morgan fingerprint density at radius 3 is 2.57 bits per heavy atom. The highest BCUT2D eigenvalue weighted by atomic mass is 79.9. The number of rotatable bonds is 4. The summed E-state index contributed by atoms with van der Waals surface area (Å²) in [5.74, 6) is 1.00. The van der Waals surface area contributed by atoms with E-state index in [0.717, 1.165) is 23.1 Å². The van der Waals surface area contributed by atoms with Gasteiger partial charge in [-0.05, 0) is 47.3 Å². The predicted molar refractivity (Wildman–Crippen MR) is 64.7 cm³/mol. The molecule has 78 valence electrons. The zero-order chi connectivity index (χ0) is 10.6. The van der Waals surface area contributed by atoms with Gasteiger partial charge in [0.25, 0.3) is 0 Å². The van der Waals surface area contributed by atoms with Crippen molar-refractivity contribution in [2.24, 2.45) is 0 Å². The number of hydrogen-bond donors (Lipinski definition) is 1. The van der Waals surface area contributed by atoms with E-state index in [1.165, 1.54) is 5.56 Å². The second kappa shape index (κ2) is 5.35. The Bertz CT molecular complexity index is 295. The number of halogens is 1. The summed E-state index contributed by atoms with van der Waals surface area (Å²) in [5, 5.41) is 3.44. The Morgan fingerprint density at radius 2 is 2.07 bits per heavy atom. The Hall–Kier alpha value is -0.570. The minimum Gasteiger partial charge on any atom is -0.367 e. The van der Waals surface area contributed by atoms with Crippen LogP contribution in [0.1, 0.15) is 32.3 Å². The van der Waals surface area contributed by atoms with Gasteiger partial charge in [-0.15, -0.1) is 0 Å². The normalized spacial score (nSPS) is 10.6. The smallest absolute Gasteiger partial charge is 0.129 e. The maximum absolute atomic E-state index is 4.36. The van der Waals surface area contributed by atoms with Gasteiger partial charge in [0.1, 0.15) is 5.82 Å². The molecular formula is C11H17BrN2. The molecule has 0 fully saturated rings. The predicted octanol–water partition coefficient (Wildman–Crippen LogP) is 3.75. The van der Waals surface area contributed by atoms with Gasteiger partial charge in [0, 0.05) is 16.7 Å². The minimum absolute atomic E-state index is 0.530. The van der Waals surface area contributed by atoms with E-state index in [9.17, 15) is 0 Å². The lowest BCUT2D eigenvalue weighted by atomic mass is 10.1. The molecule has 0 bridgehead atoms. The Labute approximate surface area is 94.3 Å². The lowest BCUT2D eigenvalue weighted by Gasteiger charge is -2.16. The van der Waals surface area contributed by atoms with E-state index < -0.39 is 0 Å². The van der Waals surface area contributed by atoms with Crippen LogP contribution in [0.5, 0.6) is 0 Å². The molecule has 3 heteroatoms. The molecular weight excluding hydrogens is 240 g/mol. The number of hydrogen-bond acceptors (Lipinski definition) is 2. The van der Waals surface area contributed by atoms with Gasteiger partial charge in [-0.3, -0.25) is 0 Å². The Morgan fingerprint density at radius 1 is 1.43 bits per heavy atom. The largest absolute Gasteiger partial charge is 0.367 e. The van der Waals surface area contributed by atoms with Gasteiger partial charge in [-0.2, -0.15) is 0 Å². The SMILES string of the molecule is CCC(CC)Nc1ncc(Br)cc1C. The fourth-order valence-electron chi connectivity index (χ4n) is 1.38. The number of aryl methyl sites for hydroxylation is 1. The van der Waals surface area contributed by atoms with Crippen LogP contribution < -0.4 is 5.32 Å². The summed E-state index contributed by atoms with van der Waals surface area (Å²) >= 11 is 3.41. The van der Waals surface area contributed by atoms with Crippen LogP contribution in [-0.2, 0) is 0 Å². The summed E-state index contributed by atoms with van der Waals surface area (Å²) in [5.41, 5.74) is 1.19. The average Bonchev–Trinajstić information content (AvgIpc) is 2.17. The van der Waals surface area contributed by atoms with Gasteiger partial charge in [0.05, 0.1) is 0 Å². The summed E-state index contributed by atoms with van der Waals surface area (Å²) in [6.45, 7) is 6.45. The molecule has 1 aromatic rings. The van der Waals surface area contributed by atoms with Crippen LogP contribution in [0.25, 0.3) is 0 Å². The lowest BCUT2D eigenvalue weighted by molar-refractivity contribution is 0.668. The number of aromatic nitrogens is 1. The van der Waals surface area contributed by atoms with Gasteiger partial charge >= 0.3 is 0 Å². The Kier molecular flexibility index (Phi) is 4.39. The number of anilines is 1. The molecule has 0 radical (unpaired) electrons. The van der Waals surface area contributed by atoms with Crippen molar-refractivity contribution in [2.45, 2.75) is 39.7 Å². The minimum atomic E-state index is 0.530. The lowest BCUT2D eigenvalue weighted by Crippen LogP contribution is -2.18. The maximum atomic E-state index is 4.36. The van der Waals surface area contributed by atoms with Crippen molar-refractivity contribution in [3.05, 3.63) is 22.3 Å². The van der Waals surface area contributed by atoms with E-state index in [0.29, 0.717) is 6.04 Å². The molecule has 0 aromatic carbocycles. The standard InChI is InChI=1S/C11H17BrN2/c1-4-10(5-2)14-11-8(3)6-9(12)7-13-11/h6-7,10H,4-5H2,1-3H3,(H,13,14). The molecule has 1 heterocycles. The second-order valence-electron chi connectivity index (χ2n) is 3.48. The highest BCUT2D eigenvalue weighted by Gasteiger charge is 2.06. The van der Waals surface area contributed by atoms with E-state index in [4.69, 9.17) is 0 Å². The van der Waals surface area contributed by atoms with Crippen molar-refractivity contribution in [1.29, 1.82) is 0 Å². The first-order valence-electron chi connectivity index (χ1n) is 5.06. The van der Waals surface area contributed by atoms with E-state index >= 15 is 0 Å². The first kappa shape index (κ1) is 11.5. The third kappa shape index (κ3) is 2.98. The molecule has 0 saturated heterocycles. The number of nitrogens with zero attached hydrogens (tertiary/aromatic N) is 1. The molecule has 0 unspecified atom stereocenters. The fourth-order valence-corrected chi connectivity index (χ4v) is 1.82. The molecule has 0 atom stereocenters. The van der Waals surface area contributed by atoms with Crippen LogP contribution in [0, 0.1) is 6.92 Å². The summed E-state index contributed by atoms with van der Waals surface area (Å²) < 4.78 is 1.03. The van der Waals surface area contributed by atoms with Crippen molar-refractivity contribution in [1.82, 2.24) is 4.98 Å². The summed E-state index contributed by atoms with van der Waals surface area (Å²) in [4.78, 5) is 4.36. The molecule has 1 rings (SSSR count). The first-order valence-corrected chi connectivity index (χ1v) is 5.85. The first-order chi connectivity index (χ1) is 6.67. The number of pyridine rings is 1. The van der Waals surface area contributed by atoms with Crippen LogP contribution >= 0.6 is 15.9 Å².